The van der Waals surface area contributed by atoms with Crippen molar-refractivity contribution in [3.8, 4) is 0 Å². The fourth-order valence-electron chi connectivity index (χ4n) is 2.18. The zero-order valence-corrected chi connectivity index (χ0v) is 9.97. The number of hydrogen-bond donors (Lipinski definition) is 3. The molecule has 0 amide bonds. The number of fused-ring (bicyclic) bond motifs is 1. The highest BCUT2D eigenvalue weighted by atomic mass is 19.3. The monoisotopic (exact) mass is 287 g/mol. The van der Waals surface area contributed by atoms with Crippen molar-refractivity contribution in [2.45, 2.75) is 31.0 Å². The minimum absolute atomic E-state index is 0.118. The Hall–Kier alpha value is -1.91. The zero-order chi connectivity index (χ0) is 14.4. The number of nitrogens with zero attached hydrogens (tertiary/aromatic N) is 4. The minimum atomic E-state index is -2.92. The van der Waals surface area contributed by atoms with Gasteiger partial charge in [0, 0.05) is 0 Å². The van der Waals surface area contributed by atoms with E-state index in [9.17, 15) is 19.0 Å². The Morgan fingerprint density at radius 2 is 2.00 bits per heavy atom. The Bertz CT molecular complexity index is 636. The van der Waals surface area contributed by atoms with Gasteiger partial charge in [0.05, 0.1) is 6.33 Å². The third-order valence-electron chi connectivity index (χ3n) is 3.18. The fourth-order valence-corrected chi connectivity index (χ4v) is 2.18. The molecular weight excluding hydrogens is 276 g/mol. The number of nitrogens with two attached hydrogens (primary N) is 1. The van der Waals surface area contributed by atoms with E-state index in [1.54, 1.807) is 0 Å². The van der Waals surface area contributed by atoms with E-state index in [0.717, 1.165) is 0 Å². The summed E-state index contributed by atoms with van der Waals surface area (Å²) < 4.78 is 31.6. The average Bonchev–Trinajstić information content (AvgIpc) is 2.94. The molecule has 4 N–H and O–H groups in total. The maximum atomic E-state index is 12.7. The Labute approximate surface area is 110 Å². The summed E-state index contributed by atoms with van der Waals surface area (Å²) in [5, 5.41) is 19.4. The Balaban J connectivity index is 2.02. The molecule has 3 rings (SSSR count). The van der Waals surface area contributed by atoms with Crippen LogP contribution in [-0.4, -0.2) is 54.5 Å². The Kier molecular flexibility index (Phi) is 3.00. The highest BCUT2D eigenvalue weighted by Gasteiger charge is 2.48. The SMILES string of the molecule is Nc1ncnc2c1ncn2[C@@H]1O[C@H](C(F)F)[C@@H](O)[C@H]1O. The van der Waals surface area contributed by atoms with Crippen molar-refractivity contribution in [3.63, 3.8) is 0 Å². The van der Waals surface area contributed by atoms with Gasteiger partial charge in [-0.3, -0.25) is 4.57 Å². The molecule has 1 fully saturated rings. The Morgan fingerprint density at radius 1 is 1.25 bits per heavy atom. The van der Waals surface area contributed by atoms with Gasteiger partial charge in [-0.2, -0.15) is 0 Å². The van der Waals surface area contributed by atoms with Gasteiger partial charge < -0.3 is 20.7 Å². The molecule has 8 nitrogen and oxygen atoms in total. The molecule has 4 atom stereocenters. The van der Waals surface area contributed by atoms with Crippen LogP contribution in [-0.2, 0) is 4.74 Å². The molecule has 0 radical (unpaired) electrons. The molecule has 1 aliphatic heterocycles. The van der Waals surface area contributed by atoms with Gasteiger partial charge in [-0.1, -0.05) is 0 Å². The van der Waals surface area contributed by atoms with Crippen molar-refractivity contribution in [2.24, 2.45) is 0 Å². The van der Waals surface area contributed by atoms with Gasteiger partial charge >= 0.3 is 0 Å². The summed E-state index contributed by atoms with van der Waals surface area (Å²) in [4.78, 5) is 11.6. The lowest BCUT2D eigenvalue weighted by Gasteiger charge is -2.16. The van der Waals surface area contributed by atoms with Crippen molar-refractivity contribution in [2.75, 3.05) is 5.73 Å². The number of aromatic nitrogens is 4. The third kappa shape index (κ3) is 1.80. The lowest BCUT2D eigenvalue weighted by atomic mass is 10.1. The normalized spacial score (nSPS) is 30.4. The highest BCUT2D eigenvalue weighted by Crippen LogP contribution is 2.34. The molecule has 3 heterocycles. The molecule has 0 unspecified atom stereocenters. The number of ether oxygens (including phenoxy) is 1. The molecule has 2 aromatic heterocycles. The van der Waals surface area contributed by atoms with E-state index in [1.807, 2.05) is 0 Å². The van der Waals surface area contributed by atoms with E-state index in [4.69, 9.17) is 10.5 Å². The molecule has 20 heavy (non-hydrogen) atoms. The molecule has 2 aromatic rings. The van der Waals surface area contributed by atoms with E-state index < -0.39 is 31.0 Å². The molecule has 0 spiro atoms. The van der Waals surface area contributed by atoms with Gasteiger partial charge in [0.2, 0.25) is 0 Å². The summed E-state index contributed by atoms with van der Waals surface area (Å²) in [7, 11) is 0. The smallest absolute Gasteiger partial charge is 0.267 e. The number of halogens is 2. The van der Waals surface area contributed by atoms with Gasteiger partial charge in [-0.15, -0.1) is 0 Å². The molecule has 0 bridgehead atoms. The van der Waals surface area contributed by atoms with Crippen LogP contribution in [0, 0.1) is 0 Å². The summed E-state index contributed by atoms with van der Waals surface area (Å²) in [6.45, 7) is 0. The lowest BCUT2D eigenvalue weighted by Crippen LogP contribution is -2.35. The summed E-state index contributed by atoms with van der Waals surface area (Å²) in [6.07, 6.45) is -6.71. The van der Waals surface area contributed by atoms with Gasteiger partial charge in [0.25, 0.3) is 6.43 Å². The van der Waals surface area contributed by atoms with Crippen LogP contribution < -0.4 is 5.73 Å². The van der Waals surface area contributed by atoms with E-state index in [2.05, 4.69) is 15.0 Å². The van der Waals surface area contributed by atoms with Crippen LogP contribution in [0.2, 0.25) is 0 Å². The van der Waals surface area contributed by atoms with Crippen molar-refractivity contribution < 1.29 is 23.7 Å². The molecule has 0 aliphatic carbocycles. The van der Waals surface area contributed by atoms with Gasteiger partial charge in [0.1, 0.15) is 30.2 Å². The largest absolute Gasteiger partial charge is 0.387 e. The maximum Gasteiger partial charge on any atom is 0.267 e. The van der Waals surface area contributed by atoms with Crippen molar-refractivity contribution >= 4 is 17.0 Å². The van der Waals surface area contributed by atoms with Crippen LogP contribution in [0.4, 0.5) is 14.6 Å². The number of hydrogen-bond acceptors (Lipinski definition) is 7. The number of rotatable bonds is 2. The zero-order valence-electron chi connectivity index (χ0n) is 9.97. The first-order valence-corrected chi connectivity index (χ1v) is 5.73. The second-order valence-corrected chi connectivity index (χ2v) is 4.39. The number of nitrogen functional groups attached to an aromatic ring is 1. The lowest BCUT2D eigenvalue weighted by molar-refractivity contribution is -0.0969. The van der Waals surface area contributed by atoms with Crippen LogP contribution >= 0.6 is 0 Å². The fraction of sp³-hybridized carbons (Fsp3) is 0.500. The highest BCUT2D eigenvalue weighted by molar-refractivity contribution is 5.81. The van der Waals surface area contributed by atoms with Crippen LogP contribution in [0.5, 0.6) is 0 Å². The van der Waals surface area contributed by atoms with Crippen LogP contribution in [0.3, 0.4) is 0 Å². The first-order chi connectivity index (χ1) is 9.50. The number of alkyl halides is 2. The van der Waals surface area contributed by atoms with Gasteiger partial charge in [-0.25, -0.2) is 23.7 Å². The number of anilines is 1. The predicted molar refractivity (Wildman–Crippen MR) is 61.7 cm³/mol. The summed E-state index contributed by atoms with van der Waals surface area (Å²) in [5.74, 6) is 0.118. The maximum absolute atomic E-state index is 12.7. The minimum Gasteiger partial charge on any atom is -0.387 e. The van der Waals surface area contributed by atoms with Crippen LogP contribution in [0.1, 0.15) is 6.23 Å². The third-order valence-corrected chi connectivity index (χ3v) is 3.18. The van der Waals surface area contributed by atoms with Crippen molar-refractivity contribution in [1.82, 2.24) is 19.5 Å². The first kappa shape index (κ1) is 13.1. The average molecular weight is 287 g/mol. The predicted octanol–water partition coefficient (Wildman–Crippen LogP) is -0.707. The Morgan fingerprint density at radius 3 is 2.65 bits per heavy atom. The molecule has 108 valence electrons. The standard InChI is InChI=1S/C10H11F2N5O3/c11-7(12)6-4(18)5(19)10(20-6)17-2-16-3-8(13)14-1-15-9(3)17/h1-2,4-7,10,18-19H,(H2,13,14,15)/t4-,5+,6-,10+/m0/s1. The second-order valence-electron chi connectivity index (χ2n) is 4.39. The van der Waals surface area contributed by atoms with E-state index in [1.165, 1.54) is 17.2 Å². The molecule has 0 saturated carbocycles. The topological polar surface area (TPSA) is 119 Å². The van der Waals surface area contributed by atoms with E-state index in [-0.39, 0.29) is 17.0 Å². The van der Waals surface area contributed by atoms with Crippen molar-refractivity contribution in [3.05, 3.63) is 12.7 Å². The summed E-state index contributed by atoms with van der Waals surface area (Å²) >= 11 is 0. The van der Waals surface area contributed by atoms with Crippen LogP contribution in [0.15, 0.2) is 12.7 Å². The van der Waals surface area contributed by atoms with Gasteiger partial charge in [0.15, 0.2) is 17.7 Å². The molecule has 10 heteroatoms. The van der Waals surface area contributed by atoms with Crippen molar-refractivity contribution in [1.29, 1.82) is 0 Å². The van der Waals surface area contributed by atoms with Gasteiger partial charge in [-0.05, 0) is 0 Å². The second kappa shape index (κ2) is 4.58. The first-order valence-electron chi connectivity index (χ1n) is 5.73. The molecular formula is C10H11F2N5O3. The quantitative estimate of drug-likeness (QED) is 0.667. The summed E-state index contributed by atoms with van der Waals surface area (Å²) in [5.41, 5.74) is 6.09. The molecule has 0 aromatic carbocycles. The molecule has 1 saturated heterocycles. The van der Waals surface area contributed by atoms with E-state index in [0.29, 0.717) is 0 Å². The molecule has 1 aliphatic rings. The summed E-state index contributed by atoms with van der Waals surface area (Å²) in [6, 6.07) is 0. The number of imidazole rings is 1. The number of aliphatic hydroxyl groups excluding tert-OH is 2. The van der Waals surface area contributed by atoms with Crippen LogP contribution in [0.25, 0.3) is 11.2 Å². The number of aliphatic hydroxyl groups is 2. The van der Waals surface area contributed by atoms with E-state index >= 15 is 0 Å².